The molecule has 3 nitrogen and oxygen atoms in total. The Kier molecular flexibility index (Phi) is 2.65. The number of rotatable bonds is 1. The summed E-state index contributed by atoms with van der Waals surface area (Å²) >= 11 is 6.20. The minimum atomic E-state index is 0.120. The number of nitrogens with two attached hydrogens (primary N) is 1. The van der Waals surface area contributed by atoms with Crippen LogP contribution in [0.25, 0.3) is 5.69 Å². The van der Waals surface area contributed by atoms with Crippen molar-refractivity contribution in [2.45, 2.75) is 25.3 Å². The summed E-state index contributed by atoms with van der Waals surface area (Å²) in [6.07, 6.45) is 5.06. The number of fused-ring (bicyclic) bond motifs is 1. The van der Waals surface area contributed by atoms with Crippen molar-refractivity contribution >= 4 is 11.6 Å². The summed E-state index contributed by atoms with van der Waals surface area (Å²) in [4.78, 5) is 0. The van der Waals surface area contributed by atoms with Crippen LogP contribution in [-0.4, -0.2) is 9.78 Å². The molecule has 2 N–H and O–H groups in total. The first kappa shape index (κ1) is 10.8. The average molecular weight is 248 g/mol. The van der Waals surface area contributed by atoms with Crippen LogP contribution in [0.15, 0.2) is 30.5 Å². The normalized spacial score (nSPS) is 19.1. The smallest absolute Gasteiger partial charge is 0.0835 e. The molecule has 1 aliphatic carbocycles. The van der Waals surface area contributed by atoms with Gasteiger partial charge >= 0.3 is 0 Å². The van der Waals surface area contributed by atoms with E-state index in [0.29, 0.717) is 0 Å². The second kappa shape index (κ2) is 4.17. The van der Waals surface area contributed by atoms with Gasteiger partial charge in [-0.25, -0.2) is 4.68 Å². The van der Waals surface area contributed by atoms with E-state index >= 15 is 0 Å². The van der Waals surface area contributed by atoms with Crippen LogP contribution in [0, 0.1) is 0 Å². The Morgan fingerprint density at radius 2 is 2.18 bits per heavy atom. The summed E-state index contributed by atoms with van der Waals surface area (Å²) in [5, 5.41) is 5.15. The van der Waals surface area contributed by atoms with Gasteiger partial charge in [0.2, 0.25) is 0 Å². The van der Waals surface area contributed by atoms with Crippen molar-refractivity contribution in [2.75, 3.05) is 0 Å². The molecule has 0 amide bonds. The molecule has 1 aromatic carbocycles. The standard InChI is InChI=1S/C13H14ClN3/c14-10-4-1-2-6-13(10)17-12-7-3-5-11(15)9(12)8-16-17/h1-2,4,6,8,11H,3,5,7,15H2. The van der Waals surface area contributed by atoms with E-state index < -0.39 is 0 Å². The Labute approximate surface area is 105 Å². The fourth-order valence-electron chi connectivity index (χ4n) is 2.42. The summed E-state index contributed by atoms with van der Waals surface area (Å²) in [7, 11) is 0. The highest BCUT2D eigenvalue weighted by Crippen LogP contribution is 2.30. The van der Waals surface area contributed by atoms with E-state index in [2.05, 4.69) is 5.10 Å². The lowest BCUT2D eigenvalue weighted by Crippen LogP contribution is -2.18. The van der Waals surface area contributed by atoms with Crippen LogP contribution in [-0.2, 0) is 6.42 Å². The molecule has 0 radical (unpaired) electrons. The number of para-hydroxylation sites is 1. The summed E-state index contributed by atoms with van der Waals surface area (Å²) in [6.45, 7) is 0. The van der Waals surface area contributed by atoms with Gasteiger partial charge in [-0.1, -0.05) is 23.7 Å². The Morgan fingerprint density at radius 1 is 1.35 bits per heavy atom. The van der Waals surface area contributed by atoms with Gasteiger partial charge in [-0.05, 0) is 31.4 Å². The minimum Gasteiger partial charge on any atom is -0.324 e. The molecule has 0 fully saturated rings. The van der Waals surface area contributed by atoms with E-state index in [4.69, 9.17) is 17.3 Å². The van der Waals surface area contributed by atoms with Gasteiger partial charge in [-0.2, -0.15) is 5.10 Å². The average Bonchev–Trinajstić information content (AvgIpc) is 2.75. The Morgan fingerprint density at radius 3 is 3.00 bits per heavy atom. The SMILES string of the molecule is NC1CCCc2c1cnn2-c1ccccc1Cl. The van der Waals surface area contributed by atoms with Gasteiger partial charge < -0.3 is 5.73 Å². The van der Waals surface area contributed by atoms with E-state index in [9.17, 15) is 0 Å². The Hall–Kier alpha value is -1.32. The van der Waals surface area contributed by atoms with Crippen LogP contribution in [0.1, 0.15) is 30.1 Å². The predicted octanol–water partition coefficient (Wildman–Crippen LogP) is 2.86. The van der Waals surface area contributed by atoms with Gasteiger partial charge in [-0.3, -0.25) is 0 Å². The molecule has 0 saturated heterocycles. The molecule has 4 heteroatoms. The third kappa shape index (κ3) is 1.75. The first-order valence-corrected chi connectivity index (χ1v) is 6.22. The lowest BCUT2D eigenvalue weighted by molar-refractivity contribution is 0.558. The first-order valence-electron chi connectivity index (χ1n) is 5.84. The molecule has 0 aliphatic heterocycles. The third-order valence-corrected chi connectivity index (χ3v) is 3.63. The van der Waals surface area contributed by atoms with Gasteiger partial charge in [0.25, 0.3) is 0 Å². The van der Waals surface area contributed by atoms with Crippen LogP contribution < -0.4 is 5.73 Å². The van der Waals surface area contributed by atoms with Crippen molar-refractivity contribution in [3.05, 3.63) is 46.7 Å². The lowest BCUT2D eigenvalue weighted by Gasteiger charge is -2.19. The molecule has 1 aromatic heterocycles. The minimum absolute atomic E-state index is 0.120. The quantitative estimate of drug-likeness (QED) is 0.842. The van der Waals surface area contributed by atoms with Gasteiger partial charge in [0, 0.05) is 17.3 Å². The number of hydrogen-bond donors (Lipinski definition) is 1. The highest BCUT2D eigenvalue weighted by molar-refractivity contribution is 6.32. The zero-order valence-corrected chi connectivity index (χ0v) is 10.2. The van der Waals surface area contributed by atoms with Crippen LogP contribution in [0.2, 0.25) is 5.02 Å². The molecule has 2 aromatic rings. The Balaban J connectivity index is 2.14. The molecule has 1 atom stereocenters. The topological polar surface area (TPSA) is 43.8 Å². The van der Waals surface area contributed by atoms with Crippen LogP contribution in [0.4, 0.5) is 0 Å². The molecule has 0 bridgehead atoms. The number of aromatic nitrogens is 2. The summed E-state index contributed by atoms with van der Waals surface area (Å²) < 4.78 is 1.93. The van der Waals surface area contributed by atoms with Crippen LogP contribution in [0.5, 0.6) is 0 Å². The highest BCUT2D eigenvalue weighted by atomic mass is 35.5. The van der Waals surface area contributed by atoms with Gasteiger partial charge in [0.1, 0.15) is 0 Å². The fourth-order valence-corrected chi connectivity index (χ4v) is 2.64. The molecular formula is C13H14ClN3. The molecule has 0 saturated carbocycles. The third-order valence-electron chi connectivity index (χ3n) is 3.31. The van der Waals surface area contributed by atoms with Crippen molar-refractivity contribution in [1.82, 2.24) is 9.78 Å². The summed E-state index contributed by atoms with van der Waals surface area (Å²) in [6, 6.07) is 7.88. The van der Waals surface area contributed by atoms with Crippen molar-refractivity contribution in [3.63, 3.8) is 0 Å². The molecule has 88 valence electrons. The van der Waals surface area contributed by atoms with E-state index in [0.717, 1.165) is 35.5 Å². The molecule has 1 heterocycles. The molecule has 17 heavy (non-hydrogen) atoms. The van der Waals surface area contributed by atoms with Gasteiger partial charge in [-0.15, -0.1) is 0 Å². The molecule has 1 aliphatic rings. The molecule has 3 rings (SSSR count). The van der Waals surface area contributed by atoms with Crippen molar-refractivity contribution in [3.8, 4) is 5.69 Å². The van der Waals surface area contributed by atoms with Gasteiger partial charge in [0.15, 0.2) is 0 Å². The summed E-state index contributed by atoms with van der Waals surface area (Å²) in [5.41, 5.74) is 9.39. The van der Waals surface area contributed by atoms with Crippen molar-refractivity contribution < 1.29 is 0 Å². The maximum absolute atomic E-state index is 6.20. The maximum atomic E-state index is 6.20. The van der Waals surface area contributed by atoms with E-state index in [1.165, 1.54) is 5.69 Å². The number of halogens is 1. The fraction of sp³-hybridized carbons (Fsp3) is 0.308. The van der Waals surface area contributed by atoms with Gasteiger partial charge in [0.05, 0.1) is 16.9 Å². The zero-order chi connectivity index (χ0) is 11.8. The second-order valence-electron chi connectivity index (χ2n) is 4.41. The Bertz CT molecular complexity index is 547. The first-order chi connectivity index (χ1) is 8.27. The number of hydrogen-bond acceptors (Lipinski definition) is 2. The monoisotopic (exact) mass is 247 g/mol. The zero-order valence-electron chi connectivity index (χ0n) is 9.44. The van der Waals surface area contributed by atoms with E-state index in [1.807, 2.05) is 35.1 Å². The van der Waals surface area contributed by atoms with E-state index in [-0.39, 0.29) is 6.04 Å². The van der Waals surface area contributed by atoms with Crippen LogP contribution >= 0.6 is 11.6 Å². The lowest BCUT2D eigenvalue weighted by atomic mass is 9.94. The molecular weight excluding hydrogens is 234 g/mol. The van der Waals surface area contributed by atoms with Crippen molar-refractivity contribution in [1.29, 1.82) is 0 Å². The predicted molar refractivity (Wildman–Crippen MR) is 68.4 cm³/mol. The highest BCUT2D eigenvalue weighted by Gasteiger charge is 2.22. The molecule has 0 spiro atoms. The maximum Gasteiger partial charge on any atom is 0.0835 e. The van der Waals surface area contributed by atoms with Crippen molar-refractivity contribution in [2.24, 2.45) is 5.73 Å². The number of nitrogens with zero attached hydrogens (tertiary/aromatic N) is 2. The van der Waals surface area contributed by atoms with E-state index in [1.54, 1.807) is 0 Å². The second-order valence-corrected chi connectivity index (χ2v) is 4.82. The number of benzene rings is 1. The van der Waals surface area contributed by atoms with Crippen LogP contribution in [0.3, 0.4) is 0 Å². The largest absolute Gasteiger partial charge is 0.324 e. The molecule has 1 unspecified atom stereocenters. The summed E-state index contributed by atoms with van der Waals surface area (Å²) in [5.74, 6) is 0.